The topological polar surface area (TPSA) is 82.4 Å². The molecule has 3 heterocycles. The fourth-order valence-corrected chi connectivity index (χ4v) is 4.65. The minimum absolute atomic E-state index is 0.103. The lowest BCUT2D eigenvalue weighted by Gasteiger charge is -2.33. The molecule has 1 saturated heterocycles. The van der Waals surface area contributed by atoms with Gasteiger partial charge in [-0.25, -0.2) is 4.98 Å². The summed E-state index contributed by atoms with van der Waals surface area (Å²) in [5.74, 6) is 0.506. The molecule has 2 bridgehead atoms. The van der Waals surface area contributed by atoms with Crippen LogP contribution < -0.4 is 9.47 Å². The Morgan fingerprint density at radius 3 is 2.55 bits per heavy atom. The Labute approximate surface area is 186 Å². The van der Waals surface area contributed by atoms with Gasteiger partial charge in [0.15, 0.2) is 0 Å². The number of benzene rings is 1. The van der Waals surface area contributed by atoms with Gasteiger partial charge in [-0.05, 0) is 37.0 Å². The number of aromatic nitrogens is 4. The summed E-state index contributed by atoms with van der Waals surface area (Å²) in [6, 6.07) is 7.13. The molecule has 8 nitrogen and oxygen atoms in total. The summed E-state index contributed by atoms with van der Waals surface area (Å²) >= 11 is 0. The molecule has 1 aliphatic carbocycles. The van der Waals surface area contributed by atoms with Crippen LogP contribution in [-0.2, 0) is 6.18 Å². The summed E-state index contributed by atoms with van der Waals surface area (Å²) in [5.41, 5.74) is -0.000294. The van der Waals surface area contributed by atoms with E-state index in [9.17, 15) is 18.0 Å². The average molecular weight is 459 g/mol. The van der Waals surface area contributed by atoms with Crippen LogP contribution in [0.1, 0.15) is 28.8 Å². The van der Waals surface area contributed by atoms with E-state index in [0.717, 1.165) is 18.7 Å². The van der Waals surface area contributed by atoms with E-state index < -0.39 is 11.7 Å². The molecule has 3 aromatic rings. The van der Waals surface area contributed by atoms with E-state index in [0.29, 0.717) is 30.0 Å². The minimum atomic E-state index is -4.46. The number of pyridine rings is 1. The Morgan fingerprint density at radius 2 is 1.91 bits per heavy atom. The third-order valence-corrected chi connectivity index (χ3v) is 6.09. The summed E-state index contributed by atoms with van der Waals surface area (Å²) in [5, 5.41) is 8.28. The smallest absolute Gasteiger partial charge is 0.417 e. The highest BCUT2D eigenvalue weighted by Gasteiger charge is 2.49. The number of ether oxygens (including phenoxy) is 2. The van der Waals surface area contributed by atoms with Crippen molar-refractivity contribution in [3.63, 3.8) is 0 Å². The van der Waals surface area contributed by atoms with Gasteiger partial charge in [0.25, 0.3) is 5.91 Å². The number of carbonyl (C=O) groups is 1. The van der Waals surface area contributed by atoms with Gasteiger partial charge in [-0.15, -0.1) is 0 Å². The van der Waals surface area contributed by atoms with Crippen molar-refractivity contribution in [2.24, 2.45) is 5.92 Å². The number of alkyl halides is 3. The quantitative estimate of drug-likeness (QED) is 0.582. The molecule has 11 heteroatoms. The average Bonchev–Trinajstić information content (AvgIpc) is 3.55. The second-order valence-electron chi connectivity index (χ2n) is 8.07. The largest absolute Gasteiger partial charge is 0.496 e. The van der Waals surface area contributed by atoms with Crippen LogP contribution in [0.4, 0.5) is 13.2 Å². The van der Waals surface area contributed by atoms with E-state index >= 15 is 0 Å². The van der Waals surface area contributed by atoms with Crippen LogP contribution in [0.5, 0.6) is 11.6 Å². The monoisotopic (exact) mass is 459 g/mol. The van der Waals surface area contributed by atoms with Gasteiger partial charge < -0.3 is 14.4 Å². The normalized spacial score (nSPS) is 21.9. The van der Waals surface area contributed by atoms with Crippen molar-refractivity contribution < 1.29 is 27.4 Å². The molecule has 0 N–H and O–H groups in total. The zero-order chi connectivity index (χ0) is 23.2. The number of piperidine rings is 1. The highest BCUT2D eigenvalue weighted by atomic mass is 19.4. The number of fused-ring (bicyclic) bond motifs is 2. The van der Waals surface area contributed by atoms with Crippen LogP contribution >= 0.6 is 0 Å². The van der Waals surface area contributed by atoms with Gasteiger partial charge in [-0.1, -0.05) is 6.07 Å². The van der Waals surface area contributed by atoms with Crippen LogP contribution in [0, 0.1) is 5.92 Å². The lowest BCUT2D eigenvalue weighted by atomic mass is 10.0. The number of nitrogens with zero attached hydrogens (tertiary/aromatic N) is 5. The molecule has 172 valence electrons. The summed E-state index contributed by atoms with van der Waals surface area (Å²) < 4.78 is 49.8. The Bertz CT molecular complexity index is 1150. The van der Waals surface area contributed by atoms with Crippen molar-refractivity contribution in [3.8, 4) is 17.3 Å². The predicted octanol–water partition coefficient (Wildman–Crippen LogP) is 3.37. The first kappa shape index (κ1) is 21.2. The van der Waals surface area contributed by atoms with Gasteiger partial charge in [0.1, 0.15) is 23.1 Å². The summed E-state index contributed by atoms with van der Waals surface area (Å²) in [6.07, 6.45) is 0.427. The molecule has 33 heavy (non-hydrogen) atoms. The molecule has 0 spiro atoms. The van der Waals surface area contributed by atoms with Crippen LogP contribution in [0.25, 0.3) is 5.69 Å². The third-order valence-electron chi connectivity index (χ3n) is 6.09. The molecular formula is C22H20F3N5O3. The van der Waals surface area contributed by atoms with Gasteiger partial charge >= 0.3 is 6.18 Å². The number of hydrogen-bond donors (Lipinski definition) is 0. The number of amides is 1. The van der Waals surface area contributed by atoms with Crippen molar-refractivity contribution in [2.75, 3.05) is 13.7 Å². The zero-order valence-corrected chi connectivity index (χ0v) is 17.6. The van der Waals surface area contributed by atoms with Gasteiger partial charge in [-0.3, -0.25) is 4.79 Å². The Balaban J connectivity index is 1.39. The highest BCUT2D eigenvalue weighted by Crippen LogP contribution is 2.41. The third kappa shape index (κ3) is 3.87. The second kappa shape index (κ2) is 8.05. The van der Waals surface area contributed by atoms with Crippen molar-refractivity contribution in [3.05, 3.63) is 60.0 Å². The second-order valence-corrected chi connectivity index (χ2v) is 8.07. The summed E-state index contributed by atoms with van der Waals surface area (Å²) in [6.45, 7) is 0.563. The predicted molar refractivity (Wildman–Crippen MR) is 109 cm³/mol. The molecular weight excluding hydrogens is 439 g/mol. The van der Waals surface area contributed by atoms with Gasteiger partial charge in [-0.2, -0.15) is 28.2 Å². The van der Waals surface area contributed by atoms with E-state index in [2.05, 4.69) is 15.2 Å². The van der Waals surface area contributed by atoms with Gasteiger partial charge in [0.05, 0.1) is 31.1 Å². The number of hydrogen-bond acceptors (Lipinski definition) is 6. The molecule has 0 radical (unpaired) electrons. The first-order valence-electron chi connectivity index (χ1n) is 10.4. The minimum Gasteiger partial charge on any atom is -0.496 e. The van der Waals surface area contributed by atoms with Crippen molar-refractivity contribution in [1.29, 1.82) is 0 Å². The number of carbonyl (C=O) groups excluding carboxylic acids is 1. The Kier molecular flexibility index (Phi) is 5.18. The van der Waals surface area contributed by atoms with Crippen LogP contribution in [-0.4, -0.2) is 56.6 Å². The SMILES string of the molecule is COc1cccc(-n2nccn2)c1C(=O)N1C[C@@H]2CC1[C@H](Oc1ccc(C(F)(F)F)cn1)C2. The first-order valence-corrected chi connectivity index (χ1v) is 10.4. The standard InChI is InChI=1S/C22H20F3N5O3/c1-32-17-4-2-3-15(30-27-7-8-28-30)20(17)21(31)29-12-13-9-16(29)18(10-13)33-19-6-5-14(11-26-19)22(23,24)25/h2-8,11,13,16,18H,9-10,12H2,1H3/t13-,16?,18-/m1/s1. The summed E-state index contributed by atoms with van der Waals surface area (Å²) in [4.78, 5) is 20.6. The maximum atomic E-state index is 13.7. The lowest BCUT2D eigenvalue weighted by molar-refractivity contribution is -0.137. The van der Waals surface area contributed by atoms with Crippen molar-refractivity contribution in [2.45, 2.75) is 31.2 Å². The molecule has 1 unspecified atom stereocenters. The molecule has 1 amide bonds. The lowest BCUT2D eigenvalue weighted by Crippen LogP contribution is -2.47. The van der Waals surface area contributed by atoms with Crippen LogP contribution in [0.3, 0.4) is 0 Å². The van der Waals surface area contributed by atoms with E-state index in [-0.39, 0.29) is 29.9 Å². The van der Waals surface area contributed by atoms with Crippen LogP contribution in [0.2, 0.25) is 0 Å². The van der Waals surface area contributed by atoms with E-state index in [1.54, 1.807) is 23.1 Å². The molecule has 2 aliphatic rings. The molecule has 5 rings (SSSR count). The van der Waals surface area contributed by atoms with Gasteiger partial charge in [0, 0.05) is 18.8 Å². The molecule has 1 aromatic carbocycles. The highest BCUT2D eigenvalue weighted by molar-refractivity contribution is 6.01. The molecule has 3 atom stereocenters. The summed E-state index contributed by atoms with van der Waals surface area (Å²) in [7, 11) is 1.49. The number of likely N-dealkylation sites (tertiary alicyclic amines) is 1. The van der Waals surface area contributed by atoms with Crippen LogP contribution in [0.15, 0.2) is 48.9 Å². The van der Waals surface area contributed by atoms with E-state index in [4.69, 9.17) is 9.47 Å². The molecule has 1 saturated carbocycles. The fraction of sp³-hybridized carbons (Fsp3) is 0.364. The van der Waals surface area contributed by atoms with Crippen molar-refractivity contribution >= 4 is 5.91 Å². The first-order chi connectivity index (χ1) is 15.8. The maximum Gasteiger partial charge on any atom is 0.417 e. The number of methoxy groups -OCH3 is 1. The number of rotatable bonds is 5. The maximum absolute atomic E-state index is 13.7. The molecule has 2 aromatic heterocycles. The Morgan fingerprint density at radius 1 is 1.12 bits per heavy atom. The fourth-order valence-electron chi connectivity index (χ4n) is 4.65. The zero-order valence-electron chi connectivity index (χ0n) is 17.6. The Hall–Kier alpha value is -3.63. The molecule has 1 aliphatic heterocycles. The van der Waals surface area contributed by atoms with Gasteiger partial charge in [0.2, 0.25) is 5.88 Å². The van der Waals surface area contributed by atoms with E-state index in [1.807, 2.05) is 0 Å². The number of halogens is 3. The molecule has 2 fully saturated rings. The van der Waals surface area contributed by atoms with Crippen molar-refractivity contribution in [1.82, 2.24) is 24.9 Å². The van der Waals surface area contributed by atoms with E-state index in [1.165, 1.54) is 30.4 Å².